The molecule has 5 heteroatoms. The Labute approximate surface area is 150 Å². The molecule has 1 aliphatic heterocycles. The number of hydrogen-bond donors (Lipinski definition) is 2. The van der Waals surface area contributed by atoms with E-state index >= 15 is 0 Å². The third kappa shape index (κ3) is 4.58. The van der Waals surface area contributed by atoms with E-state index in [0.717, 1.165) is 41.7 Å². The van der Waals surface area contributed by atoms with Crippen molar-refractivity contribution in [2.45, 2.75) is 25.5 Å². The van der Waals surface area contributed by atoms with Crippen molar-refractivity contribution in [3.63, 3.8) is 0 Å². The summed E-state index contributed by atoms with van der Waals surface area (Å²) in [7, 11) is 0. The quantitative estimate of drug-likeness (QED) is 0.823. The Balaban J connectivity index is 1.54. The van der Waals surface area contributed by atoms with Gasteiger partial charge in [-0.1, -0.05) is 24.3 Å². The average molecular weight is 389 g/mol. The molecule has 1 heterocycles. The lowest BCUT2D eigenvalue weighted by atomic mass is 10.1. The monoisotopic (exact) mass is 388 g/mol. The van der Waals surface area contributed by atoms with Crippen molar-refractivity contribution in [1.29, 1.82) is 0 Å². The number of benzene rings is 2. The van der Waals surface area contributed by atoms with Gasteiger partial charge < -0.3 is 15.4 Å². The van der Waals surface area contributed by atoms with E-state index in [1.807, 2.05) is 48.5 Å². The summed E-state index contributed by atoms with van der Waals surface area (Å²) in [6.45, 7) is 2.36. The molecule has 1 atom stereocenters. The summed E-state index contributed by atoms with van der Waals surface area (Å²) >= 11 is 3.46. The predicted octanol–water partition coefficient (Wildman–Crippen LogP) is 3.51. The van der Waals surface area contributed by atoms with Crippen LogP contribution in [-0.2, 0) is 6.61 Å². The fraction of sp³-hybridized carbons (Fsp3) is 0.316. The number of amides is 1. The van der Waals surface area contributed by atoms with Crippen LogP contribution in [0.15, 0.2) is 53.0 Å². The standard InChI is InChI=1S/C19H21BrN2O2/c20-17-5-1-2-6-18(17)24-13-14-7-9-15(10-8-14)19(23)22-16-4-3-11-21-12-16/h1-2,5-10,16,21H,3-4,11-13H2,(H,22,23). The molecule has 0 saturated carbocycles. The van der Waals surface area contributed by atoms with Crippen molar-refractivity contribution in [2.24, 2.45) is 0 Å². The molecule has 4 nitrogen and oxygen atoms in total. The molecule has 1 aliphatic rings. The van der Waals surface area contributed by atoms with Crippen molar-refractivity contribution in [1.82, 2.24) is 10.6 Å². The minimum atomic E-state index is -0.0121. The van der Waals surface area contributed by atoms with Crippen LogP contribution in [0.3, 0.4) is 0 Å². The molecule has 0 radical (unpaired) electrons. The van der Waals surface area contributed by atoms with E-state index in [1.165, 1.54) is 0 Å². The van der Waals surface area contributed by atoms with Crippen LogP contribution in [0, 0.1) is 0 Å². The highest BCUT2D eigenvalue weighted by molar-refractivity contribution is 9.10. The lowest BCUT2D eigenvalue weighted by molar-refractivity contribution is 0.0930. The first-order valence-electron chi connectivity index (χ1n) is 8.20. The van der Waals surface area contributed by atoms with Crippen molar-refractivity contribution < 1.29 is 9.53 Å². The average Bonchev–Trinajstić information content (AvgIpc) is 2.62. The van der Waals surface area contributed by atoms with E-state index in [4.69, 9.17) is 4.74 Å². The molecule has 1 saturated heterocycles. The number of halogens is 1. The molecular weight excluding hydrogens is 368 g/mol. The largest absolute Gasteiger partial charge is 0.488 e. The normalized spacial score (nSPS) is 17.3. The molecule has 0 aromatic heterocycles. The maximum atomic E-state index is 12.3. The summed E-state index contributed by atoms with van der Waals surface area (Å²) in [5, 5.41) is 6.38. The zero-order valence-corrected chi connectivity index (χ0v) is 15.0. The van der Waals surface area contributed by atoms with Gasteiger partial charge in [-0.05, 0) is 65.1 Å². The van der Waals surface area contributed by atoms with Crippen LogP contribution >= 0.6 is 15.9 Å². The van der Waals surface area contributed by atoms with Gasteiger partial charge in [0.05, 0.1) is 4.47 Å². The summed E-state index contributed by atoms with van der Waals surface area (Å²) in [6, 6.07) is 15.6. The van der Waals surface area contributed by atoms with Crippen LogP contribution < -0.4 is 15.4 Å². The molecule has 126 valence electrons. The highest BCUT2D eigenvalue weighted by atomic mass is 79.9. The lowest BCUT2D eigenvalue weighted by Gasteiger charge is -2.23. The molecule has 1 fully saturated rings. The van der Waals surface area contributed by atoms with Crippen molar-refractivity contribution in [2.75, 3.05) is 13.1 Å². The molecular formula is C19H21BrN2O2. The summed E-state index contributed by atoms with van der Waals surface area (Å²) in [5.74, 6) is 0.797. The molecule has 2 N–H and O–H groups in total. The van der Waals surface area contributed by atoms with Crippen LogP contribution in [0.5, 0.6) is 5.75 Å². The fourth-order valence-corrected chi connectivity index (χ4v) is 3.12. The first-order chi connectivity index (χ1) is 11.7. The number of nitrogens with one attached hydrogen (secondary N) is 2. The number of rotatable bonds is 5. The Kier molecular flexibility index (Phi) is 5.88. The Morgan fingerprint density at radius 1 is 1.21 bits per heavy atom. The number of ether oxygens (including phenoxy) is 1. The zero-order chi connectivity index (χ0) is 16.8. The zero-order valence-electron chi connectivity index (χ0n) is 13.4. The topological polar surface area (TPSA) is 50.4 Å². The molecule has 3 rings (SSSR count). The smallest absolute Gasteiger partial charge is 0.251 e. The van der Waals surface area contributed by atoms with Crippen molar-refractivity contribution in [3.05, 3.63) is 64.1 Å². The second kappa shape index (κ2) is 8.31. The summed E-state index contributed by atoms with van der Waals surface area (Å²) < 4.78 is 6.72. The highest BCUT2D eigenvalue weighted by Crippen LogP contribution is 2.24. The number of hydrogen-bond acceptors (Lipinski definition) is 3. The van der Waals surface area contributed by atoms with Crippen LogP contribution in [0.25, 0.3) is 0 Å². The van der Waals surface area contributed by atoms with Gasteiger partial charge in [-0.15, -0.1) is 0 Å². The van der Waals surface area contributed by atoms with Gasteiger partial charge in [-0.3, -0.25) is 4.79 Å². The Hall–Kier alpha value is -1.85. The second-order valence-electron chi connectivity index (χ2n) is 5.93. The maximum Gasteiger partial charge on any atom is 0.251 e. The molecule has 24 heavy (non-hydrogen) atoms. The van der Waals surface area contributed by atoms with E-state index in [9.17, 15) is 4.79 Å². The van der Waals surface area contributed by atoms with Gasteiger partial charge in [-0.25, -0.2) is 0 Å². The third-order valence-electron chi connectivity index (χ3n) is 4.08. The minimum absolute atomic E-state index is 0.0121. The van der Waals surface area contributed by atoms with Crippen molar-refractivity contribution >= 4 is 21.8 Å². The Bertz CT molecular complexity index is 682. The van der Waals surface area contributed by atoms with Gasteiger partial charge in [0, 0.05) is 18.2 Å². The van der Waals surface area contributed by atoms with Crippen LogP contribution in [0.1, 0.15) is 28.8 Å². The molecule has 0 spiro atoms. The van der Waals surface area contributed by atoms with Gasteiger partial charge in [0.2, 0.25) is 0 Å². The van der Waals surface area contributed by atoms with Gasteiger partial charge in [0.1, 0.15) is 12.4 Å². The lowest BCUT2D eigenvalue weighted by Crippen LogP contribution is -2.45. The van der Waals surface area contributed by atoms with Crippen molar-refractivity contribution in [3.8, 4) is 5.75 Å². The maximum absolute atomic E-state index is 12.3. The number of piperidine rings is 1. The Morgan fingerprint density at radius 2 is 2.00 bits per heavy atom. The van der Waals surface area contributed by atoms with E-state index in [-0.39, 0.29) is 11.9 Å². The summed E-state index contributed by atoms with van der Waals surface area (Å²) in [4.78, 5) is 12.3. The van der Waals surface area contributed by atoms with Gasteiger partial charge in [-0.2, -0.15) is 0 Å². The van der Waals surface area contributed by atoms with Crippen LogP contribution in [-0.4, -0.2) is 25.0 Å². The van der Waals surface area contributed by atoms with E-state index in [1.54, 1.807) is 0 Å². The highest BCUT2D eigenvalue weighted by Gasteiger charge is 2.16. The molecule has 1 unspecified atom stereocenters. The number of carbonyl (C=O) groups excluding carboxylic acids is 1. The van der Waals surface area contributed by atoms with E-state index in [2.05, 4.69) is 26.6 Å². The third-order valence-corrected chi connectivity index (χ3v) is 4.73. The Morgan fingerprint density at radius 3 is 2.71 bits per heavy atom. The van der Waals surface area contributed by atoms with E-state index < -0.39 is 0 Å². The van der Waals surface area contributed by atoms with Gasteiger partial charge in [0.15, 0.2) is 0 Å². The van der Waals surface area contributed by atoms with Crippen LogP contribution in [0.4, 0.5) is 0 Å². The minimum Gasteiger partial charge on any atom is -0.488 e. The summed E-state index contributed by atoms with van der Waals surface area (Å²) in [5.41, 5.74) is 1.71. The molecule has 1 amide bonds. The molecule has 0 bridgehead atoms. The van der Waals surface area contributed by atoms with Crippen LogP contribution in [0.2, 0.25) is 0 Å². The van der Waals surface area contributed by atoms with Gasteiger partial charge >= 0.3 is 0 Å². The predicted molar refractivity (Wildman–Crippen MR) is 98.3 cm³/mol. The SMILES string of the molecule is O=C(NC1CCCNC1)c1ccc(COc2ccccc2Br)cc1. The second-order valence-corrected chi connectivity index (χ2v) is 6.79. The first kappa shape index (κ1) is 17.0. The molecule has 0 aliphatic carbocycles. The molecule has 2 aromatic rings. The van der Waals surface area contributed by atoms with Gasteiger partial charge in [0.25, 0.3) is 5.91 Å². The fourth-order valence-electron chi connectivity index (χ4n) is 2.72. The summed E-state index contributed by atoms with van der Waals surface area (Å²) in [6.07, 6.45) is 2.15. The van der Waals surface area contributed by atoms with E-state index in [0.29, 0.717) is 12.2 Å². The molecule has 2 aromatic carbocycles. The number of para-hydroxylation sites is 1. The number of carbonyl (C=O) groups is 1. The first-order valence-corrected chi connectivity index (χ1v) is 8.99.